The summed E-state index contributed by atoms with van der Waals surface area (Å²) >= 11 is 0. The van der Waals surface area contributed by atoms with Gasteiger partial charge >= 0.3 is 0 Å². The molecule has 4 heteroatoms. The number of ether oxygens (including phenoxy) is 1. The van der Waals surface area contributed by atoms with E-state index in [0.717, 1.165) is 5.56 Å². The predicted octanol–water partition coefficient (Wildman–Crippen LogP) is 1.20. The summed E-state index contributed by atoms with van der Waals surface area (Å²) in [5, 5.41) is 0. The zero-order chi connectivity index (χ0) is 10.8. The fourth-order valence-electron chi connectivity index (χ4n) is 1.38. The molecule has 0 radical (unpaired) electrons. The largest absolute Gasteiger partial charge is 0.446 e. The van der Waals surface area contributed by atoms with Gasteiger partial charge in [-0.1, -0.05) is 30.3 Å². The highest BCUT2D eigenvalue weighted by Crippen LogP contribution is 2.24. The first-order valence-corrected chi connectivity index (χ1v) is 4.70. The number of amidine groups is 1. The maximum Gasteiger partial charge on any atom is 0.296 e. The number of rotatable bonds is 1. The highest BCUT2D eigenvalue weighted by Gasteiger charge is 2.31. The van der Waals surface area contributed by atoms with Gasteiger partial charge in [0.15, 0.2) is 0 Å². The van der Waals surface area contributed by atoms with Crippen LogP contribution in [-0.2, 0) is 9.53 Å². The molecule has 1 aliphatic heterocycles. The minimum atomic E-state index is -0.580. The van der Waals surface area contributed by atoms with Crippen LogP contribution in [-0.4, -0.2) is 30.9 Å². The van der Waals surface area contributed by atoms with Crippen molar-refractivity contribution in [2.24, 2.45) is 4.99 Å². The molecule has 2 rings (SSSR count). The Kier molecular flexibility index (Phi) is 2.41. The van der Waals surface area contributed by atoms with Gasteiger partial charge in [0.25, 0.3) is 11.9 Å². The van der Waals surface area contributed by atoms with E-state index in [-0.39, 0.29) is 5.91 Å². The summed E-state index contributed by atoms with van der Waals surface area (Å²) in [6, 6.07) is 9.73. The van der Waals surface area contributed by atoms with Gasteiger partial charge in [-0.25, -0.2) is 0 Å². The van der Waals surface area contributed by atoms with Crippen LogP contribution >= 0.6 is 0 Å². The summed E-state index contributed by atoms with van der Waals surface area (Å²) in [5.41, 5.74) is 0.836. The van der Waals surface area contributed by atoms with Gasteiger partial charge in [0, 0.05) is 19.7 Å². The third kappa shape index (κ3) is 1.83. The number of benzene rings is 1. The van der Waals surface area contributed by atoms with E-state index in [1.807, 2.05) is 30.3 Å². The highest BCUT2D eigenvalue weighted by molar-refractivity contribution is 5.98. The minimum absolute atomic E-state index is 0.245. The second-order valence-electron chi connectivity index (χ2n) is 3.54. The van der Waals surface area contributed by atoms with Gasteiger partial charge in [0.2, 0.25) is 6.10 Å². The Morgan fingerprint density at radius 3 is 2.47 bits per heavy atom. The number of aliphatic imine (C=N–C) groups is 1. The predicted molar refractivity (Wildman–Crippen MR) is 56.4 cm³/mol. The molecule has 15 heavy (non-hydrogen) atoms. The number of carbonyl (C=O) groups is 1. The number of hydrogen-bond donors (Lipinski definition) is 0. The summed E-state index contributed by atoms with van der Waals surface area (Å²) in [5.74, 6) is -0.245. The van der Waals surface area contributed by atoms with Crippen molar-refractivity contribution in [1.29, 1.82) is 0 Å². The van der Waals surface area contributed by atoms with Crippen molar-refractivity contribution in [3.8, 4) is 0 Å². The number of hydrogen-bond acceptors (Lipinski definition) is 3. The standard InChI is InChI=1S/C11H12N2O2/c1-13(2)11-12-10(14)9(15-11)8-6-4-3-5-7-8/h3-7,9H,1-2H3/t9-/m1/s1. The lowest BCUT2D eigenvalue weighted by atomic mass is 10.1. The van der Waals surface area contributed by atoms with Gasteiger partial charge in [-0.15, -0.1) is 0 Å². The van der Waals surface area contributed by atoms with Gasteiger partial charge in [0.1, 0.15) is 0 Å². The molecular formula is C11H12N2O2. The highest BCUT2D eigenvalue weighted by atomic mass is 16.5. The maximum absolute atomic E-state index is 11.6. The molecule has 78 valence electrons. The fourth-order valence-corrected chi connectivity index (χ4v) is 1.38. The second-order valence-corrected chi connectivity index (χ2v) is 3.54. The Balaban J connectivity index is 2.20. The van der Waals surface area contributed by atoms with Crippen molar-refractivity contribution < 1.29 is 9.53 Å². The topological polar surface area (TPSA) is 41.9 Å². The van der Waals surface area contributed by atoms with Crippen molar-refractivity contribution in [3.05, 3.63) is 35.9 Å². The molecule has 1 aliphatic rings. The van der Waals surface area contributed by atoms with E-state index in [9.17, 15) is 4.79 Å². The molecule has 1 heterocycles. The Morgan fingerprint density at radius 2 is 1.93 bits per heavy atom. The van der Waals surface area contributed by atoms with Crippen LogP contribution < -0.4 is 0 Å². The smallest absolute Gasteiger partial charge is 0.296 e. The first kappa shape index (κ1) is 9.71. The monoisotopic (exact) mass is 204 g/mol. The Bertz CT molecular complexity index is 398. The van der Waals surface area contributed by atoms with Crippen LogP contribution in [0.25, 0.3) is 0 Å². The van der Waals surface area contributed by atoms with E-state index in [1.165, 1.54) is 0 Å². The molecule has 1 aromatic rings. The average Bonchev–Trinajstić information content (AvgIpc) is 2.62. The Morgan fingerprint density at radius 1 is 1.27 bits per heavy atom. The van der Waals surface area contributed by atoms with Crippen molar-refractivity contribution in [3.63, 3.8) is 0 Å². The summed E-state index contributed by atoms with van der Waals surface area (Å²) < 4.78 is 5.45. The van der Waals surface area contributed by atoms with E-state index in [1.54, 1.807) is 19.0 Å². The molecule has 1 atom stereocenters. The summed E-state index contributed by atoms with van der Waals surface area (Å²) in [4.78, 5) is 17.1. The number of amides is 1. The van der Waals surface area contributed by atoms with Gasteiger partial charge in [-0.3, -0.25) is 4.79 Å². The Labute approximate surface area is 88.2 Å². The van der Waals surface area contributed by atoms with Crippen molar-refractivity contribution in [2.45, 2.75) is 6.10 Å². The molecule has 1 amide bonds. The fraction of sp³-hybridized carbons (Fsp3) is 0.273. The molecule has 0 saturated heterocycles. The molecular weight excluding hydrogens is 192 g/mol. The van der Waals surface area contributed by atoms with Gasteiger partial charge in [-0.05, 0) is 0 Å². The zero-order valence-corrected chi connectivity index (χ0v) is 8.68. The van der Waals surface area contributed by atoms with E-state index < -0.39 is 6.10 Å². The van der Waals surface area contributed by atoms with Crippen LogP contribution in [0.4, 0.5) is 0 Å². The van der Waals surface area contributed by atoms with Crippen LogP contribution in [0.3, 0.4) is 0 Å². The van der Waals surface area contributed by atoms with Crippen LogP contribution in [0.5, 0.6) is 0 Å². The summed E-state index contributed by atoms with van der Waals surface area (Å²) in [6.07, 6.45) is -0.580. The molecule has 0 saturated carbocycles. The molecule has 4 nitrogen and oxygen atoms in total. The second kappa shape index (κ2) is 3.73. The third-order valence-corrected chi connectivity index (χ3v) is 2.14. The van der Waals surface area contributed by atoms with E-state index in [0.29, 0.717) is 6.02 Å². The van der Waals surface area contributed by atoms with Crippen LogP contribution in [0.2, 0.25) is 0 Å². The van der Waals surface area contributed by atoms with Crippen molar-refractivity contribution >= 4 is 11.9 Å². The SMILES string of the molecule is CN(C)C1=NC(=O)[C@@H](c2ccccc2)O1. The van der Waals surface area contributed by atoms with Crippen molar-refractivity contribution in [2.75, 3.05) is 14.1 Å². The first-order valence-electron chi connectivity index (χ1n) is 4.70. The van der Waals surface area contributed by atoms with E-state index in [4.69, 9.17) is 4.74 Å². The van der Waals surface area contributed by atoms with Crippen molar-refractivity contribution in [1.82, 2.24) is 4.90 Å². The van der Waals surface area contributed by atoms with Crippen LogP contribution in [0.15, 0.2) is 35.3 Å². The van der Waals surface area contributed by atoms with Gasteiger partial charge < -0.3 is 9.64 Å². The molecule has 1 aromatic carbocycles. The zero-order valence-electron chi connectivity index (χ0n) is 8.68. The number of carbonyl (C=O) groups excluding carboxylic acids is 1. The normalized spacial score (nSPS) is 19.7. The van der Waals surface area contributed by atoms with Gasteiger partial charge in [0.05, 0.1) is 0 Å². The molecule has 0 aromatic heterocycles. The molecule has 0 unspecified atom stereocenters. The molecule has 0 spiro atoms. The molecule has 0 aliphatic carbocycles. The van der Waals surface area contributed by atoms with E-state index in [2.05, 4.69) is 4.99 Å². The van der Waals surface area contributed by atoms with Crippen LogP contribution in [0, 0.1) is 0 Å². The lowest BCUT2D eigenvalue weighted by Gasteiger charge is -2.14. The maximum atomic E-state index is 11.6. The lowest BCUT2D eigenvalue weighted by molar-refractivity contribution is -0.122. The molecule has 0 bridgehead atoms. The minimum Gasteiger partial charge on any atom is -0.446 e. The number of nitrogens with zero attached hydrogens (tertiary/aromatic N) is 2. The average molecular weight is 204 g/mol. The van der Waals surface area contributed by atoms with Gasteiger partial charge in [-0.2, -0.15) is 4.99 Å². The van der Waals surface area contributed by atoms with Crippen LogP contribution in [0.1, 0.15) is 11.7 Å². The third-order valence-electron chi connectivity index (χ3n) is 2.14. The molecule has 0 N–H and O–H groups in total. The summed E-state index contributed by atoms with van der Waals surface area (Å²) in [7, 11) is 3.58. The Hall–Kier alpha value is -1.84. The lowest BCUT2D eigenvalue weighted by Crippen LogP contribution is -2.22. The summed E-state index contributed by atoms with van der Waals surface area (Å²) in [6.45, 7) is 0. The van der Waals surface area contributed by atoms with E-state index >= 15 is 0 Å². The molecule has 0 fully saturated rings. The quantitative estimate of drug-likeness (QED) is 0.690. The first-order chi connectivity index (χ1) is 7.18.